The molecule has 0 amide bonds. The Morgan fingerprint density at radius 2 is 0.936 bits per heavy atom. The molecule has 0 aliphatic heterocycles. The molecule has 6 rings (SSSR count). The van der Waals surface area contributed by atoms with Gasteiger partial charge in [-0.05, 0) is 48.5 Å². The molecule has 0 saturated carbocycles. The Balaban J connectivity index is 0.000000208. The number of benzene rings is 4. The summed E-state index contributed by atoms with van der Waals surface area (Å²) in [6.45, 7) is 3.32. The van der Waals surface area contributed by atoms with Gasteiger partial charge in [0.1, 0.15) is 11.4 Å². The Labute approximate surface area is 288 Å². The van der Waals surface area contributed by atoms with E-state index in [-0.39, 0.29) is 51.3 Å². The topological polar surface area (TPSA) is 168 Å². The zero-order chi connectivity index (χ0) is 32.8. The quantitative estimate of drug-likeness (QED) is 0.142. The normalized spacial score (nSPS) is 11.0. The van der Waals surface area contributed by atoms with E-state index in [4.69, 9.17) is 23.2 Å². The molecule has 2 heterocycles. The number of rotatable bonds is 6. The third-order valence-corrected chi connectivity index (χ3v) is 6.80. The van der Waals surface area contributed by atoms with Crippen LogP contribution >= 0.6 is 23.2 Å². The second-order valence-electron chi connectivity index (χ2n) is 9.60. The minimum atomic E-state index is -0.396. The van der Waals surface area contributed by atoms with Gasteiger partial charge < -0.3 is 29.8 Å². The maximum atomic E-state index is 12.4. The number of hydrogen-bond acceptors (Lipinski definition) is 8. The van der Waals surface area contributed by atoms with Crippen LogP contribution in [0.4, 0.5) is 22.7 Å². The predicted molar refractivity (Wildman–Crippen MR) is 170 cm³/mol. The standard InChI is InChI=1S/2C16H13ClN4O2.Fe/c2*1-10-15(19-18-13-9-11(17)7-8-14(13)22)16(23)21(20-10)12-5-3-2-4-6-12;/h2*2-9H,1H3,(H2,18,19,20,22,23);/q;;+3/p-4. The van der Waals surface area contributed by atoms with Crippen LogP contribution < -0.4 is 31.5 Å². The summed E-state index contributed by atoms with van der Waals surface area (Å²) >= 11 is 11.7. The minimum Gasteiger partial charge on any atom is -0.871 e. The van der Waals surface area contributed by atoms with E-state index in [1.807, 2.05) is 36.4 Å². The second-order valence-corrected chi connectivity index (χ2v) is 10.5. The Bertz CT molecular complexity index is 2020. The van der Waals surface area contributed by atoms with E-state index in [1.165, 1.54) is 45.8 Å². The Morgan fingerprint density at radius 3 is 1.30 bits per heavy atom. The third kappa shape index (κ3) is 8.15. The summed E-state index contributed by atoms with van der Waals surface area (Å²) in [6.07, 6.45) is 0. The van der Waals surface area contributed by atoms with E-state index >= 15 is 0 Å². The van der Waals surface area contributed by atoms with Gasteiger partial charge in [-0.2, -0.15) is 10.2 Å². The van der Waals surface area contributed by atoms with E-state index in [0.29, 0.717) is 32.8 Å². The summed E-state index contributed by atoms with van der Waals surface area (Å²) in [4.78, 5) is 24.8. The predicted octanol–water partition coefficient (Wildman–Crippen LogP) is 6.49. The molecular formula is C32H22Cl2FeN8O4-. The maximum Gasteiger partial charge on any atom is 3.00 e. The van der Waals surface area contributed by atoms with Crippen LogP contribution in [-0.4, -0.2) is 9.36 Å². The van der Waals surface area contributed by atoms with Crippen molar-refractivity contribution in [2.75, 3.05) is 0 Å². The SMILES string of the molecule is Cc1[n-]n(-c2ccccc2)c(=O)c1N=Nc1cc(Cl)ccc1[O-].Cc1[n-]n(-c2ccccc2)c(=O)c1N=Nc1cc(Cl)ccc1[O-].[Fe+3]. The molecule has 6 aromatic rings. The molecule has 47 heavy (non-hydrogen) atoms. The Kier molecular flexibility index (Phi) is 11.4. The molecule has 12 nitrogen and oxygen atoms in total. The molecule has 0 atom stereocenters. The zero-order valence-electron chi connectivity index (χ0n) is 24.6. The van der Waals surface area contributed by atoms with Gasteiger partial charge in [0, 0.05) is 21.4 Å². The smallest absolute Gasteiger partial charge is 0.871 e. The fourth-order valence-corrected chi connectivity index (χ4v) is 4.39. The van der Waals surface area contributed by atoms with Crippen molar-refractivity contribution >= 4 is 46.0 Å². The van der Waals surface area contributed by atoms with Gasteiger partial charge in [-0.3, -0.25) is 9.59 Å². The second kappa shape index (κ2) is 15.4. The first-order valence-electron chi connectivity index (χ1n) is 13.5. The Hall–Kier alpha value is -5.20. The van der Waals surface area contributed by atoms with Gasteiger partial charge in [0.05, 0.1) is 11.4 Å². The van der Waals surface area contributed by atoms with Crippen LogP contribution in [0.1, 0.15) is 11.4 Å². The van der Waals surface area contributed by atoms with E-state index in [0.717, 1.165) is 0 Å². The number of hydrogen-bond donors (Lipinski definition) is 0. The summed E-state index contributed by atoms with van der Waals surface area (Å²) < 4.78 is 2.50. The molecule has 0 unspecified atom stereocenters. The van der Waals surface area contributed by atoms with Crippen molar-refractivity contribution in [1.29, 1.82) is 0 Å². The van der Waals surface area contributed by atoms with Gasteiger partial charge in [-0.15, -0.1) is 21.6 Å². The maximum absolute atomic E-state index is 12.4. The van der Waals surface area contributed by atoms with Crippen LogP contribution in [0, 0.1) is 13.8 Å². The number of halogens is 2. The monoisotopic (exact) mass is 708 g/mol. The molecule has 0 saturated heterocycles. The fourth-order valence-electron chi connectivity index (χ4n) is 4.06. The van der Waals surface area contributed by atoms with Gasteiger partial charge >= 0.3 is 17.1 Å². The molecule has 1 radical (unpaired) electrons. The molecule has 0 fully saturated rings. The van der Waals surface area contributed by atoms with Gasteiger partial charge in [0.25, 0.3) is 11.1 Å². The number of aromatic nitrogens is 4. The minimum absolute atomic E-state index is 0. The van der Waals surface area contributed by atoms with Gasteiger partial charge in [-0.1, -0.05) is 97.1 Å². The summed E-state index contributed by atoms with van der Waals surface area (Å²) in [5.74, 6) is -0.641. The zero-order valence-corrected chi connectivity index (χ0v) is 27.2. The first-order valence-corrected chi connectivity index (χ1v) is 14.3. The van der Waals surface area contributed by atoms with Crippen molar-refractivity contribution in [3.8, 4) is 22.9 Å². The van der Waals surface area contributed by atoms with Crippen molar-refractivity contribution in [1.82, 2.24) is 19.6 Å². The first-order chi connectivity index (χ1) is 22.1. The van der Waals surface area contributed by atoms with Crippen LogP contribution in [0.5, 0.6) is 11.5 Å². The number of para-hydroxylation sites is 2. The third-order valence-electron chi connectivity index (χ3n) is 6.33. The number of aryl methyl sites for hydroxylation is 2. The number of azo groups is 2. The molecular weight excluding hydrogens is 687 g/mol. The Morgan fingerprint density at radius 1 is 0.574 bits per heavy atom. The molecule has 0 spiro atoms. The summed E-state index contributed by atoms with van der Waals surface area (Å²) in [5.41, 5.74) is 1.66. The van der Waals surface area contributed by atoms with Crippen molar-refractivity contribution < 1.29 is 27.3 Å². The molecule has 0 bridgehead atoms. The van der Waals surface area contributed by atoms with Crippen molar-refractivity contribution in [2.24, 2.45) is 20.5 Å². The van der Waals surface area contributed by atoms with Crippen LogP contribution in [-0.2, 0) is 17.1 Å². The van der Waals surface area contributed by atoms with Crippen LogP contribution in [0.15, 0.2) is 127 Å². The van der Waals surface area contributed by atoms with Crippen LogP contribution in [0.3, 0.4) is 0 Å². The summed E-state index contributed by atoms with van der Waals surface area (Å²) in [6, 6.07) is 26.3. The number of nitrogens with zero attached hydrogens (tertiary/aromatic N) is 8. The molecule has 0 N–H and O–H groups in total. The molecule has 237 valence electrons. The molecule has 15 heteroatoms. The summed E-state index contributed by atoms with van der Waals surface area (Å²) in [7, 11) is 0. The fraction of sp³-hybridized carbons (Fsp3) is 0.0625. The average molecular weight is 709 g/mol. The molecule has 0 aliphatic rings. The largest absolute Gasteiger partial charge is 3.00 e. The van der Waals surface area contributed by atoms with Crippen LogP contribution in [0.25, 0.3) is 11.4 Å². The molecule has 0 aliphatic carbocycles. The van der Waals surface area contributed by atoms with Gasteiger partial charge in [-0.25, -0.2) is 0 Å². The van der Waals surface area contributed by atoms with Crippen molar-refractivity contribution in [2.45, 2.75) is 13.8 Å². The average Bonchev–Trinajstić information content (AvgIpc) is 3.51. The van der Waals surface area contributed by atoms with Crippen molar-refractivity contribution in [3.05, 3.63) is 139 Å². The van der Waals surface area contributed by atoms with Crippen molar-refractivity contribution in [3.63, 3.8) is 0 Å². The van der Waals surface area contributed by atoms with E-state index in [1.54, 1.807) is 38.1 Å². The molecule has 2 aromatic heterocycles. The summed E-state index contributed by atoms with van der Waals surface area (Å²) in [5, 5.41) is 47.9. The van der Waals surface area contributed by atoms with E-state index in [9.17, 15) is 19.8 Å². The van der Waals surface area contributed by atoms with Gasteiger partial charge in [0.15, 0.2) is 0 Å². The van der Waals surface area contributed by atoms with Gasteiger partial charge in [0.2, 0.25) is 0 Å². The molecule has 4 aromatic carbocycles. The van der Waals surface area contributed by atoms with Crippen LogP contribution in [0.2, 0.25) is 10.0 Å². The first kappa shape index (κ1) is 34.7. The van der Waals surface area contributed by atoms with E-state index in [2.05, 4.69) is 30.7 Å². The van der Waals surface area contributed by atoms with E-state index < -0.39 is 11.1 Å².